The van der Waals surface area contributed by atoms with Crippen LogP contribution in [0.5, 0.6) is 0 Å². The Morgan fingerprint density at radius 1 is 0.935 bits per heavy atom. The summed E-state index contributed by atoms with van der Waals surface area (Å²) < 4.78 is 5.72. The monoisotopic (exact) mass is 415 g/mol. The van der Waals surface area contributed by atoms with E-state index in [0.29, 0.717) is 0 Å². The molecule has 0 aromatic heterocycles. The first kappa shape index (κ1) is 20.8. The molecule has 4 rings (SSSR count). The lowest BCUT2D eigenvalue weighted by atomic mass is 9.80. The molecule has 1 aliphatic rings. The summed E-state index contributed by atoms with van der Waals surface area (Å²) in [5.74, 6) is -2.82. The van der Waals surface area contributed by atoms with Crippen LogP contribution in [0.25, 0.3) is 11.1 Å². The normalized spacial score (nSPS) is 15.4. The molecule has 5 heteroatoms. The number of fused-ring (bicyclic) bond motifs is 3. The number of nitrogens with one attached hydrogen (secondary N) is 1. The van der Waals surface area contributed by atoms with Crippen molar-refractivity contribution in [1.29, 1.82) is 0 Å². The smallest absolute Gasteiger partial charge is 0.338 e. The maximum absolute atomic E-state index is 13.3. The highest BCUT2D eigenvalue weighted by molar-refractivity contribution is 6.05. The molecule has 2 atom stereocenters. The van der Waals surface area contributed by atoms with Crippen LogP contribution in [0.3, 0.4) is 0 Å². The number of hydrogen-bond acceptors (Lipinski definition) is 4. The van der Waals surface area contributed by atoms with Gasteiger partial charge in [0.2, 0.25) is 5.54 Å². The molecule has 158 valence electrons. The second kappa shape index (κ2) is 8.36. The van der Waals surface area contributed by atoms with Gasteiger partial charge in [-0.1, -0.05) is 85.8 Å². The van der Waals surface area contributed by atoms with E-state index in [1.807, 2.05) is 66.7 Å². The Balaban J connectivity index is 1.63. The molecule has 31 heavy (non-hydrogen) atoms. The molecule has 3 aromatic rings. The largest absolute Gasteiger partial charge is 0.479 e. The zero-order valence-electron chi connectivity index (χ0n) is 17.5. The third kappa shape index (κ3) is 3.41. The summed E-state index contributed by atoms with van der Waals surface area (Å²) >= 11 is 0. The first-order valence-electron chi connectivity index (χ1n) is 10.3. The fourth-order valence-corrected chi connectivity index (χ4v) is 4.58. The molecule has 0 fully saturated rings. The maximum Gasteiger partial charge on any atom is 0.338 e. The summed E-state index contributed by atoms with van der Waals surface area (Å²) in [4.78, 5) is 25.6. The van der Waals surface area contributed by atoms with Crippen molar-refractivity contribution in [3.8, 4) is 11.1 Å². The number of carbonyl (C=O) groups is 2. The van der Waals surface area contributed by atoms with Gasteiger partial charge in [-0.2, -0.15) is 0 Å². The van der Waals surface area contributed by atoms with Crippen LogP contribution in [0.1, 0.15) is 35.4 Å². The average Bonchev–Trinajstić information content (AvgIpc) is 3.12. The molecule has 1 aliphatic carbocycles. The number of rotatable bonds is 7. The van der Waals surface area contributed by atoms with Crippen molar-refractivity contribution in [1.82, 2.24) is 5.32 Å². The Morgan fingerprint density at radius 3 is 1.97 bits per heavy atom. The minimum Gasteiger partial charge on any atom is -0.479 e. The van der Waals surface area contributed by atoms with Gasteiger partial charge in [0.25, 0.3) is 0 Å². The van der Waals surface area contributed by atoms with E-state index in [2.05, 4.69) is 17.4 Å². The summed E-state index contributed by atoms with van der Waals surface area (Å²) in [6.45, 7) is 1.80. The molecule has 0 saturated carbocycles. The Kier molecular flexibility index (Phi) is 5.61. The molecule has 0 heterocycles. The topological polar surface area (TPSA) is 75.6 Å². The van der Waals surface area contributed by atoms with E-state index in [4.69, 9.17) is 4.74 Å². The van der Waals surface area contributed by atoms with Crippen LogP contribution in [0.4, 0.5) is 0 Å². The van der Waals surface area contributed by atoms with Crippen LogP contribution in [-0.4, -0.2) is 36.2 Å². The second-order valence-corrected chi connectivity index (χ2v) is 7.82. The molecular formula is C26H25NO4. The fourth-order valence-electron chi connectivity index (χ4n) is 4.58. The lowest BCUT2D eigenvalue weighted by Crippen LogP contribution is -2.61. The van der Waals surface area contributed by atoms with Crippen molar-refractivity contribution in [2.24, 2.45) is 0 Å². The maximum atomic E-state index is 13.3. The number of ether oxygens (including phenoxy) is 1. The zero-order valence-corrected chi connectivity index (χ0v) is 17.5. The summed E-state index contributed by atoms with van der Waals surface area (Å²) in [5.41, 5.74) is 3.26. The van der Waals surface area contributed by atoms with Gasteiger partial charge < -0.3 is 9.84 Å². The van der Waals surface area contributed by atoms with Crippen molar-refractivity contribution in [3.63, 3.8) is 0 Å². The van der Waals surface area contributed by atoms with Gasteiger partial charge in [-0.3, -0.25) is 5.32 Å². The van der Waals surface area contributed by atoms with Crippen LogP contribution < -0.4 is 5.32 Å². The van der Waals surface area contributed by atoms with Crippen LogP contribution in [-0.2, 0) is 14.3 Å². The SMILES string of the molecule is CN[C@](C(=O)O)(C(=O)OCC1c2ccccc2-c2ccccc21)[C@@H](C)c1ccccc1. The van der Waals surface area contributed by atoms with E-state index < -0.39 is 23.4 Å². The molecule has 0 aliphatic heterocycles. The molecule has 0 bridgehead atoms. The van der Waals surface area contributed by atoms with Gasteiger partial charge in [0.05, 0.1) is 0 Å². The first-order chi connectivity index (χ1) is 15.0. The van der Waals surface area contributed by atoms with Crippen LogP contribution in [0, 0.1) is 0 Å². The molecule has 0 amide bonds. The van der Waals surface area contributed by atoms with Gasteiger partial charge in [0.1, 0.15) is 6.61 Å². The number of carboxylic acid groups (broad SMARTS) is 1. The number of likely N-dealkylation sites (N-methyl/N-ethyl adjacent to an activating group) is 1. The third-order valence-corrected chi connectivity index (χ3v) is 6.35. The Labute approximate surface area is 181 Å². The number of esters is 1. The molecule has 0 saturated heterocycles. The van der Waals surface area contributed by atoms with E-state index in [1.54, 1.807) is 6.92 Å². The quantitative estimate of drug-likeness (QED) is 0.447. The van der Waals surface area contributed by atoms with E-state index >= 15 is 0 Å². The summed E-state index contributed by atoms with van der Waals surface area (Å²) in [6.07, 6.45) is 0. The Bertz CT molecular complexity index is 1070. The molecule has 5 nitrogen and oxygen atoms in total. The van der Waals surface area contributed by atoms with E-state index in [9.17, 15) is 14.7 Å². The van der Waals surface area contributed by atoms with Crippen LogP contribution in [0.2, 0.25) is 0 Å². The highest BCUT2D eigenvalue weighted by Gasteiger charge is 2.52. The molecule has 3 aromatic carbocycles. The molecule has 2 N–H and O–H groups in total. The van der Waals surface area contributed by atoms with Crippen LogP contribution >= 0.6 is 0 Å². The highest BCUT2D eigenvalue weighted by atomic mass is 16.5. The minimum absolute atomic E-state index is 0.0745. The number of carbonyl (C=O) groups excluding carboxylic acids is 1. The predicted octanol–water partition coefficient (Wildman–Crippen LogP) is 4.19. The summed E-state index contributed by atoms with van der Waals surface area (Å²) in [5, 5.41) is 12.8. The van der Waals surface area contributed by atoms with Gasteiger partial charge in [0.15, 0.2) is 0 Å². The molecule has 0 radical (unpaired) electrons. The van der Waals surface area contributed by atoms with Crippen LogP contribution in [0.15, 0.2) is 78.9 Å². The van der Waals surface area contributed by atoms with Gasteiger partial charge in [-0.15, -0.1) is 0 Å². The Hall–Kier alpha value is -3.44. The number of aliphatic carboxylic acids is 1. The zero-order chi connectivity index (χ0) is 22.0. The summed E-state index contributed by atoms with van der Waals surface area (Å²) in [7, 11) is 1.48. The minimum atomic E-state index is -1.89. The van der Waals surface area contributed by atoms with Crippen molar-refractivity contribution in [2.75, 3.05) is 13.7 Å². The first-order valence-corrected chi connectivity index (χ1v) is 10.3. The number of hydrogen-bond donors (Lipinski definition) is 2. The molecular weight excluding hydrogens is 390 g/mol. The van der Waals surface area contributed by atoms with Crippen molar-refractivity contribution >= 4 is 11.9 Å². The number of benzene rings is 3. The lowest BCUT2D eigenvalue weighted by molar-refractivity contribution is -0.164. The predicted molar refractivity (Wildman–Crippen MR) is 119 cm³/mol. The van der Waals surface area contributed by atoms with Crippen molar-refractivity contribution in [2.45, 2.75) is 24.3 Å². The highest BCUT2D eigenvalue weighted by Crippen LogP contribution is 2.44. The summed E-state index contributed by atoms with van der Waals surface area (Å²) in [6, 6.07) is 25.2. The fraction of sp³-hybridized carbons (Fsp3) is 0.231. The van der Waals surface area contributed by atoms with E-state index in [0.717, 1.165) is 27.8 Å². The molecule has 0 unspecified atom stereocenters. The second-order valence-electron chi connectivity index (χ2n) is 7.82. The lowest BCUT2D eigenvalue weighted by Gasteiger charge is -2.33. The van der Waals surface area contributed by atoms with E-state index in [-0.39, 0.29) is 12.5 Å². The average molecular weight is 415 g/mol. The standard InChI is InChI=1S/C26H25NO4/c1-17(18-10-4-3-5-11-18)26(27-2,24(28)29)25(30)31-16-23-21-14-8-6-12-19(21)20-13-7-9-15-22(20)23/h3-15,17,23,27H,16H2,1-2H3,(H,28,29)/t17-,26+/m0/s1. The third-order valence-electron chi connectivity index (χ3n) is 6.35. The van der Waals surface area contributed by atoms with Gasteiger partial charge >= 0.3 is 11.9 Å². The molecule has 0 spiro atoms. The number of carboxylic acids is 1. The van der Waals surface area contributed by atoms with Gasteiger partial charge in [-0.25, -0.2) is 9.59 Å². The van der Waals surface area contributed by atoms with E-state index in [1.165, 1.54) is 7.05 Å². The van der Waals surface area contributed by atoms with Crippen molar-refractivity contribution < 1.29 is 19.4 Å². The van der Waals surface area contributed by atoms with Gasteiger partial charge in [-0.05, 0) is 34.9 Å². The van der Waals surface area contributed by atoms with Crippen molar-refractivity contribution in [3.05, 3.63) is 95.6 Å². The Morgan fingerprint density at radius 2 is 1.45 bits per heavy atom. The van der Waals surface area contributed by atoms with Gasteiger partial charge in [0, 0.05) is 11.8 Å².